The molecule has 0 bridgehead atoms. The van der Waals surface area contributed by atoms with Gasteiger partial charge in [0.2, 0.25) is 0 Å². The monoisotopic (exact) mass is 264 g/mol. The Labute approximate surface area is 111 Å². The van der Waals surface area contributed by atoms with Crippen LogP contribution in [0.5, 0.6) is 5.75 Å². The highest BCUT2D eigenvalue weighted by molar-refractivity contribution is 5.68. The van der Waals surface area contributed by atoms with E-state index >= 15 is 0 Å². The van der Waals surface area contributed by atoms with Gasteiger partial charge in [-0.2, -0.15) is 0 Å². The molecule has 0 amide bonds. The highest BCUT2D eigenvalue weighted by Crippen LogP contribution is 2.28. The number of halogens is 1. The first-order valence-corrected chi connectivity index (χ1v) is 6.17. The van der Waals surface area contributed by atoms with Gasteiger partial charge in [0.05, 0.1) is 30.5 Å². The van der Waals surface area contributed by atoms with Crippen LogP contribution < -0.4 is 15.8 Å². The molecule has 0 atom stereocenters. The zero-order valence-electron chi connectivity index (χ0n) is 10.8. The third kappa shape index (κ3) is 3.40. The lowest BCUT2D eigenvalue weighted by Gasteiger charge is -2.12. The SMILES string of the molecule is CCCOc1cc(NCc2ccoc2)c(N)cc1F. The lowest BCUT2D eigenvalue weighted by Crippen LogP contribution is -2.04. The smallest absolute Gasteiger partial charge is 0.167 e. The number of nitrogens with two attached hydrogens (primary N) is 1. The van der Waals surface area contributed by atoms with Gasteiger partial charge in [-0.15, -0.1) is 0 Å². The standard InChI is InChI=1S/C14H17FN2O2/c1-2-4-19-14-7-13(12(16)6-11(14)15)17-8-10-3-5-18-9-10/h3,5-7,9,17H,2,4,8,16H2,1H3. The van der Waals surface area contributed by atoms with Gasteiger partial charge in [0.15, 0.2) is 11.6 Å². The van der Waals surface area contributed by atoms with Crippen molar-refractivity contribution in [1.29, 1.82) is 0 Å². The molecule has 0 aliphatic heterocycles. The first kappa shape index (κ1) is 13.3. The molecular formula is C14H17FN2O2. The Morgan fingerprint density at radius 2 is 2.26 bits per heavy atom. The normalized spacial score (nSPS) is 10.4. The van der Waals surface area contributed by atoms with Crippen molar-refractivity contribution in [3.8, 4) is 5.75 Å². The van der Waals surface area contributed by atoms with Gasteiger partial charge in [-0.3, -0.25) is 0 Å². The molecule has 4 nitrogen and oxygen atoms in total. The van der Waals surface area contributed by atoms with Crippen LogP contribution in [0.1, 0.15) is 18.9 Å². The highest BCUT2D eigenvalue weighted by atomic mass is 19.1. The van der Waals surface area contributed by atoms with E-state index < -0.39 is 5.82 Å². The average molecular weight is 264 g/mol. The Hall–Kier alpha value is -2.17. The third-order valence-electron chi connectivity index (χ3n) is 2.63. The molecule has 0 saturated heterocycles. The fourth-order valence-corrected chi connectivity index (χ4v) is 1.64. The Kier molecular flexibility index (Phi) is 4.28. The minimum Gasteiger partial charge on any atom is -0.490 e. The number of benzene rings is 1. The summed E-state index contributed by atoms with van der Waals surface area (Å²) < 4.78 is 23.9. The summed E-state index contributed by atoms with van der Waals surface area (Å²) >= 11 is 0. The number of hydrogen-bond acceptors (Lipinski definition) is 4. The molecule has 1 heterocycles. The molecule has 3 N–H and O–H groups in total. The highest BCUT2D eigenvalue weighted by Gasteiger charge is 2.09. The van der Waals surface area contributed by atoms with Crippen molar-refractivity contribution < 1.29 is 13.5 Å². The predicted molar refractivity (Wildman–Crippen MR) is 72.6 cm³/mol. The maximum absolute atomic E-state index is 13.6. The van der Waals surface area contributed by atoms with Gasteiger partial charge in [0, 0.05) is 24.2 Å². The number of nitrogen functional groups attached to an aromatic ring is 1. The van der Waals surface area contributed by atoms with E-state index in [0.717, 1.165) is 12.0 Å². The Morgan fingerprint density at radius 1 is 1.42 bits per heavy atom. The summed E-state index contributed by atoms with van der Waals surface area (Å²) in [4.78, 5) is 0. The second kappa shape index (κ2) is 6.13. The number of ether oxygens (including phenoxy) is 1. The van der Waals surface area contributed by atoms with Gasteiger partial charge in [-0.1, -0.05) is 6.92 Å². The lowest BCUT2D eigenvalue weighted by molar-refractivity contribution is 0.301. The van der Waals surface area contributed by atoms with Crippen molar-refractivity contribution in [2.75, 3.05) is 17.7 Å². The van der Waals surface area contributed by atoms with Crippen LogP contribution in [0, 0.1) is 5.82 Å². The van der Waals surface area contributed by atoms with E-state index in [1.165, 1.54) is 6.07 Å². The van der Waals surface area contributed by atoms with Crippen molar-refractivity contribution in [2.45, 2.75) is 19.9 Å². The fourth-order valence-electron chi connectivity index (χ4n) is 1.64. The van der Waals surface area contributed by atoms with Crippen molar-refractivity contribution in [1.82, 2.24) is 0 Å². The van der Waals surface area contributed by atoms with Crippen LogP contribution in [0.15, 0.2) is 35.1 Å². The van der Waals surface area contributed by atoms with Crippen molar-refractivity contribution in [2.24, 2.45) is 0 Å². The third-order valence-corrected chi connectivity index (χ3v) is 2.63. The summed E-state index contributed by atoms with van der Waals surface area (Å²) in [5, 5.41) is 3.13. The average Bonchev–Trinajstić information content (AvgIpc) is 2.90. The van der Waals surface area contributed by atoms with Gasteiger partial charge in [0.25, 0.3) is 0 Å². The zero-order valence-corrected chi connectivity index (χ0v) is 10.8. The molecule has 2 aromatic rings. The Morgan fingerprint density at radius 3 is 2.95 bits per heavy atom. The van der Waals surface area contributed by atoms with E-state index in [1.807, 2.05) is 13.0 Å². The van der Waals surface area contributed by atoms with Gasteiger partial charge >= 0.3 is 0 Å². The largest absolute Gasteiger partial charge is 0.490 e. The minimum absolute atomic E-state index is 0.214. The molecule has 1 aromatic carbocycles. The van der Waals surface area contributed by atoms with E-state index in [1.54, 1.807) is 18.6 Å². The van der Waals surface area contributed by atoms with Crippen LogP contribution in [0.2, 0.25) is 0 Å². The van der Waals surface area contributed by atoms with Crippen LogP contribution in [-0.2, 0) is 6.54 Å². The van der Waals surface area contributed by atoms with Crippen LogP contribution in [0.3, 0.4) is 0 Å². The Balaban J connectivity index is 2.10. The molecule has 102 valence electrons. The summed E-state index contributed by atoms with van der Waals surface area (Å²) in [6.45, 7) is 2.99. The summed E-state index contributed by atoms with van der Waals surface area (Å²) in [7, 11) is 0. The molecule has 5 heteroatoms. The molecule has 0 unspecified atom stereocenters. The number of nitrogens with one attached hydrogen (secondary N) is 1. The van der Waals surface area contributed by atoms with Gasteiger partial charge < -0.3 is 20.2 Å². The maximum atomic E-state index is 13.6. The summed E-state index contributed by atoms with van der Waals surface area (Å²) in [5.74, 6) is -0.231. The zero-order chi connectivity index (χ0) is 13.7. The second-order valence-corrected chi connectivity index (χ2v) is 4.20. The molecule has 19 heavy (non-hydrogen) atoms. The van der Waals surface area contributed by atoms with E-state index in [2.05, 4.69) is 5.32 Å². The predicted octanol–water partition coefficient (Wildman–Crippen LogP) is 3.40. The molecule has 0 aliphatic rings. The molecule has 0 spiro atoms. The molecule has 0 aliphatic carbocycles. The van der Waals surface area contributed by atoms with Gasteiger partial charge in [0.1, 0.15) is 0 Å². The molecule has 0 radical (unpaired) electrons. The molecule has 1 aromatic heterocycles. The van der Waals surface area contributed by atoms with Crippen molar-refractivity contribution >= 4 is 11.4 Å². The van der Waals surface area contributed by atoms with Crippen LogP contribution >= 0.6 is 0 Å². The fraction of sp³-hybridized carbons (Fsp3) is 0.286. The van der Waals surface area contributed by atoms with E-state index in [4.69, 9.17) is 14.9 Å². The van der Waals surface area contributed by atoms with Crippen LogP contribution in [-0.4, -0.2) is 6.61 Å². The topological polar surface area (TPSA) is 60.4 Å². The van der Waals surface area contributed by atoms with E-state index in [-0.39, 0.29) is 5.75 Å². The van der Waals surface area contributed by atoms with Gasteiger partial charge in [-0.05, 0) is 12.5 Å². The van der Waals surface area contributed by atoms with E-state index in [0.29, 0.717) is 24.5 Å². The summed E-state index contributed by atoms with van der Waals surface area (Å²) in [6, 6.07) is 4.70. The number of hydrogen-bond donors (Lipinski definition) is 2. The minimum atomic E-state index is -0.445. The quantitative estimate of drug-likeness (QED) is 0.785. The Bertz CT molecular complexity index is 526. The number of furan rings is 1. The first-order chi connectivity index (χ1) is 9.20. The molecule has 2 rings (SSSR count). The van der Waals surface area contributed by atoms with Crippen molar-refractivity contribution in [3.05, 3.63) is 42.1 Å². The summed E-state index contributed by atoms with van der Waals surface area (Å²) in [5.41, 5.74) is 7.76. The molecule has 0 fully saturated rings. The molecular weight excluding hydrogens is 247 g/mol. The first-order valence-electron chi connectivity index (χ1n) is 6.17. The van der Waals surface area contributed by atoms with Gasteiger partial charge in [-0.25, -0.2) is 4.39 Å². The molecule has 0 saturated carbocycles. The summed E-state index contributed by atoms with van der Waals surface area (Å²) in [6.07, 6.45) is 4.06. The lowest BCUT2D eigenvalue weighted by atomic mass is 10.2. The van der Waals surface area contributed by atoms with E-state index in [9.17, 15) is 4.39 Å². The van der Waals surface area contributed by atoms with Crippen LogP contribution in [0.25, 0.3) is 0 Å². The second-order valence-electron chi connectivity index (χ2n) is 4.20. The number of anilines is 2. The van der Waals surface area contributed by atoms with Crippen molar-refractivity contribution in [3.63, 3.8) is 0 Å². The maximum Gasteiger partial charge on any atom is 0.167 e. The van der Waals surface area contributed by atoms with Crippen LogP contribution in [0.4, 0.5) is 15.8 Å². The number of rotatable bonds is 6.